The van der Waals surface area contributed by atoms with Crippen LogP contribution in [0.1, 0.15) is 12.5 Å². The van der Waals surface area contributed by atoms with Gasteiger partial charge in [-0.15, -0.1) is 0 Å². The van der Waals surface area contributed by atoms with E-state index in [4.69, 9.17) is 9.26 Å². The van der Waals surface area contributed by atoms with E-state index in [1.165, 1.54) is 6.20 Å². The van der Waals surface area contributed by atoms with Crippen molar-refractivity contribution in [3.63, 3.8) is 0 Å². The summed E-state index contributed by atoms with van der Waals surface area (Å²) in [4.78, 5) is 20.0. The highest BCUT2D eigenvalue weighted by atomic mass is 16.5. The number of pyridine rings is 1. The Labute approximate surface area is 181 Å². The molecule has 5 aromatic rings. The van der Waals surface area contributed by atoms with Crippen molar-refractivity contribution in [1.82, 2.24) is 24.9 Å². The van der Waals surface area contributed by atoms with Crippen LogP contribution in [0.15, 0.2) is 70.1 Å². The first-order chi connectivity index (χ1) is 15.7. The number of para-hydroxylation sites is 1. The van der Waals surface area contributed by atoms with Gasteiger partial charge in [-0.3, -0.25) is 4.79 Å². The average molecular weight is 429 g/mol. The molecule has 9 nitrogen and oxygen atoms in total. The summed E-state index contributed by atoms with van der Waals surface area (Å²) in [5.41, 5.74) is 1.37. The van der Waals surface area contributed by atoms with E-state index < -0.39 is 5.56 Å². The van der Waals surface area contributed by atoms with E-state index in [0.29, 0.717) is 35.5 Å². The molecule has 0 radical (unpaired) electrons. The smallest absolute Gasteiger partial charge is 0.267 e. The topological polar surface area (TPSA) is 119 Å². The standard InChI is InChI=1S/C23H19N5O4/c1-2-31-17-11-7-6-10-15(17)20-25-23(32-27-20)18-19(29)16-12-24-28(21(16)26-22(18)30)13-14-8-4-3-5-9-14/h3-12H,2,13H2,1H3,(H2,26,29,30). The summed E-state index contributed by atoms with van der Waals surface area (Å²) in [6.07, 6.45) is 1.49. The van der Waals surface area contributed by atoms with Crippen LogP contribution >= 0.6 is 0 Å². The predicted molar refractivity (Wildman–Crippen MR) is 117 cm³/mol. The molecule has 2 aromatic carbocycles. The molecular formula is C23H19N5O4. The highest BCUT2D eigenvalue weighted by Gasteiger charge is 2.23. The maximum atomic E-state index is 12.9. The van der Waals surface area contributed by atoms with E-state index in [1.807, 2.05) is 49.4 Å². The van der Waals surface area contributed by atoms with Crippen molar-refractivity contribution in [3.8, 4) is 34.3 Å². The third kappa shape index (κ3) is 3.39. The molecule has 0 aliphatic heterocycles. The highest BCUT2D eigenvalue weighted by molar-refractivity contribution is 5.88. The number of nitrogens with zero attached hydrogens (tertiary/aromatic N) is 4. The molecular weight excluding hydrogens is 410 g/mol. The molecule has 0 aliphatic carbocycles. The first-order valence-electron chi connectivity index (χ1n) is 10.1. The van der Waals surface area contributed by atoms with Gasteiger partial charge in [0.1, 0.15) is 22.7 Å². The predicted octanol–water partition coefficient (Wildman–Crippen LogP) is 3.59. The van der Waals surface area contributed by atoms with E-state index in [1.54, 1.807) is 16.8 Å². The van der Waals surface area contributed by atoms with Gasteiger partial charge >= 0.3 is 0 Å². The lowest BCUT2D eigenvalue weighted by Crippen LogP contribution is -2.12. The Hall–Kier alpha value is -4.40. The third-order valence-electron chi connectivity index (χ3n) is 5.03. The fraction of sp³-hybridized carbons (Fsp3) is 0.130. The lowest BCUT2D eigenvalue weighted by molar-refractivity contribution is 0.341. The normalized spacial score (nSPS) is 11.2. The molecule has 0 amide bonds. The zero-order valence-corrected chi connectivity index (χ0v) is 17.1. The minimum Gasteiger partial charge on any atom is -0.506 e. The molecule has 32 heavy (non-hydrogen) atoms. The van der Waals surface area contributed by atoms with Gasteiger partial charge in [-0.2, -0.15) is 10.1 Å². The molecule has 9 heteroatoms. The Kier molecular flexibility index (Phi) is 4.91. The van der Waals surface area contributed by atoms with Crippen LogP contribution in [0.4, 0.5) is 0 Å². The molecule has 2 N–H and O–H groups in total. The Morgan fingerprint density at radius 3 is 2.72 bits per heavy atom. The number of ether oxygens (including phenoxy) is 1. The van der Waals surface area contributed by atoms with Gasteiger partial charge in [-0.25, -0.2) is 4.68 Å². The largest absolute Gasteiger partial charge is 0.506 e. The first-order valence-corrected chi connectivity index (χ1v) is 10.1. The van der Waals surface area contributed by atoms with Crippen LogP contribution in [0.2, 0.25) is 0 Å². The van der Waals surface area contributed by atoms with Gasteiger partial charge in [0.15, 0.2) is 0 Å². The van der Waals surface area contributed by atoms with E-state index in [2.05, 4.69) is 20.2 Å². The zero-order chi connectivity index (χ0) is 22.1. The number of aromatic hydroxyl groups is 1. The van der Waals surface area contributed by atoms with Crippen molar-refractivity contribution in [2.45, 2.75) is 13.5 Å². The number of hydrogen-bond acceptors (Lipinski definition) is 7. The van der Waals surface area contributed by atoms with E-state index >= 15 is 0 Å². The summed E-state index contributed by atoms with van der Waals surface area (Å²) in [5.74, 6) is 0.486. The van der Waals surface area contributed by atoms with Crippen LogP contribution in [-0.2, 0) is 6.54 Å². The van der Waals surface area contributed by atoms with Crippen molar-refractivity contribution in [2.75, 3.05) is 6.61 Å². The maximum Gasteiger partial charge on any atom is 0.267 e. The molecule has 0 aliphatic rings. The lowest BCUT2D eigenvalue weighted by atomic mass is 10.2. The van der Waals surface area contributed by atoms with E-state index in [0.717, 1.165) is 5.56 Å². The average Bonchev–Trinajstić information content (AvgIpc) is 3.43. The monoisotopic (exact) mass is 429 g/mol. The van der Waals surface area contributed by atoms with E-state index in [9.17, 15) is 9.90 Å². The molecule has 0 bridgehead atoms. The minimum atomic E-state index is -0.557. The molecule has 0 saturated carbocycles. The lowest BCUT2D eigenvalue weighted by Gasteiger charge is -2.06. The fourth-order valence-electron chi connectivity index (χ4n) is 3.54. The summed E-state index contributed by atoms with van der Waals surface area (Å²) >= 11 is 0. The van der Waals surface area contributed by atoms with Gasteiger partial charge in [0.25, 0.3) is 11.4 Å². The number of benzene rings is 2. The second-order valence-electron chi connectivity index (χ2n) is 7.08. The summed E-state index contributed by atoms with van der Waals surface area (Å²) in [5, 5.41) is 19.5. The number of fused-ring (bicyclic) bond motifs is 1. The second kappa shape index (κ2) is 8.03. The molecule has 3 aromatic heterocycles. The zero-order valence-electron chi connectivity index (χ0n) is 17.1. The maximum absolute atomic E-state index is 12.9. The summed E-state index contributed by atoms with van der Waals surface area (Å²) < 4.78 is 12.6. The molecule has 160 valence electrons. The highest BCUT2D eigenvalue weighted by Crippen LogP contribution is 2.34. The van der Waals surface area contributed by atoms with Gasteiger partial charge in [0.2, 0.25) is 5.82 Å². The first kappa shape index (κ1) is 19.6. The van der Waals surface area contributed by atoms with Crippen molar-refractivity contribution in [3.05, 3.63) is 76.7 Å². The summed E-state index contributed by atoms with van der Waals surface area (Å²) in [6.45, 7) is 2.80. The molecule has 0 saturated heterocycles. The molecule has 0 unspecified atom stereocenters. The Morgan fingerprint density at radius 2 is 1.91 bits per heavy atom. The van der Waals surface area contributed by atoms with Crippen LogP contribution in [0.5, 0.6) is 11.5 Å². The van der Waals surface area contributed by atoms with Crippen molar-refractivity contribution in [1.29, 1.82) is 0 Å². The Bertz CT molecular complexity index is 1450. The van der Waals surface area contributed by atoms with Gasteiger partial charge < -0.3 is 19.4 Å². The number of aromatic nitrogens is 5. The van der Waals surface area contributed by atoms with Crippen LogP contribution in [-0.4, -0.2) is 36.6 Å². The van der Waals surface area contributed by atoms with Crippen molar-refractivity contribution >= 4 is 11.0 Å². The van der Waals surface area contributed by atoms with Crippen LogP contribution in [0.3, 0.4) is 0 Å². The minimum absolute atomic E-state index is 0.0947. The Balaban J connectivity index is 1.56. The van der Waals surface area contributed by atoms with Crippen LogP contribution < -0.4 is 10.3 Å². The van der Waals surface area contributed by atoms with Gasteiger partial charge in [-0.05, 0) is 24.6 Å². The SMILES string of the molecule is CCOc1ccccc1-c1noc(-c2c(O)c3cnn(Cc4ccccc4)c3[nH]c2=O)n1. The quantitative estimate of drug-likeness (QED) is 0.423. The van der Waals surface area contributed by atoms with Crippen molar-refractivity contribution < 1.29 is 14.4 Å². The number of rotatable bonds is 6. The van der Waals surface area contributed by atoms with Gasteiger partial charge in [-0.1, -0.05) is 47.6 Å². The summed E-state index contributed by atoms with van der Waals surface area (Å²) in [6, 6.07) is 17.0. The molecule has 3 heterocycles. The van der Waals surface area contributed by atoms with Gasteiger partial charge in [0, 0.05) is 0 Å². The number of nitrogens with one attached hydrogen (secondary N) is 1. The third-order valence-corrected chi connectivity index (χ3v) is 5.03. The molecule has 5 rings (SSSR count). The second-order valence-corrected chi connectivity index (χ2v) is 7.08. The van der Waals surface area contributed by atoms with Crippen LogP contribution in [0, 0.1) is 0 Å². The number of hydrogen-bond donors (Lipinski definition) is 2. The van der Waals surface area contributed by atoms with Crippen molar-refractivity contribution in [2.24, 2.45) is 0 Å². The number of aromatic amines is 1. The Morgan fingerprint density at radius 1 is 1.12 bits per heavy atom. The number of H-pyrrole nitrogens is 1. The molecule has 0 fully saturated rings. The summed E-state index contributed by atoms with van der Waals surface area (Å²) in [7, 11) is 0. The van der Waals surface area contributed by atoms with E-state index in [-0.39, 0.29) is 23.0 Å². The molecule has 0 atom stereocenters. The fourth-order valence-corrected chi connectivity index (χ4v) is 3.54. The van der Waals surface area contributed by atoms with Crippen LogP contribution in [0.25, 0.3) is 33.9 Å². The molecule has 0 spiro atoms. The van der Waals surface area contributed by atoms with Gasteiger partial charge in [0.05, 0.1) is 30.3 Å².